The van der Waals surface area contributed by atoms with Gasteiger partial charge in [-0.15, -0.1) is 10.2 Å². The Bertz CT molecular complexity index is 1640. The molecule has 0 aliphatic heterocycles. The van der Waals surface area contributed by atoms with Gasteiger partial charge in [-0.25, -0.2) is 5.43 Å². The molecule has 0 fully saturated rings. The Kier molecular flexibility index (Phi) is 7.99. The Morgan fingerprint density at radius 1 is 0.923 bits per heavy atom. The molecule has 2 amide bonds. The Balaban J connectivity index is 1.15. The standard InChI is InChI=1S/C30H25N5O3S/c1-20-13-15-22(16-14-20)29(37)32-30-35-34-28(39-30)17-27(36)33-31-18-23-8-3-5-12-26(23)38-19-24-10-6-9-21-7-2-4-11-25(21)24/h2-16,18H,17,19H2,1H3,(H,33,36)(H,32,35,37)/b31-18-. The van der Waals surface area contributed by atoms with E-state index in [-0.39, 0.29) is 18.2 Å². The number of aromatic nitrogens is 2. The minimum absolute atomic E-state index is 0.0192. The fraction of sp³-hybridized carbons (Fsp3) is 0.100. The molecule has 39 heavy (non-hydrogen) atoms. The zero-order chi connectivity index (χ0) is 27.0. The monoisotopic (exact) mass is 535 g/mol. The van der Waals surface area contributed by atoms with Gasteiger partial charge in [-0.1, -0.05) is 83.6 Å². The Morgan fingerprint density at radius 3 is 2.56 bits per heavy atom. The number of hydrogen-bond acceptors (Lipinski definition) is 7. The van der Waals surface area contributed by atoms with E-state index in [4.69, 9.17) is 4.74 Å². The summed E-state index contributed by atoms with van der Waals surface area (Å²) in [6.07, 6.45) is 1.53. The molecule has 8 nitrogen and oxygen atoms in total. The summed E-state index contributed by atoms with van der Waals surface area (Å²) in [6.45, 7) is 2.35. The van der Waals surface area contributed by atoms with Crippen LogP contribution in [0.25, 0.3) is 10.8 Å². The highest BCUT2D eigenvalue weighted by Gasteiger charge is 2.12. The van der Waals surface area contributed by atoms with Crippen LogP contribution in [0, 0.1) is 6.92 Å². The van der Waals surface area contributed by atoms with Crippen molar-refractivity contribution in [1.29, 1.82) is 0 Å². The molecule has 5 rings (SSSR count). The van der Waals surface area contributed by atoms with Gasteiger partial charge >= 0.3 is 0 Å². The molecule has 0 saturated carbocycles. The van der Waals surface area contributed by atoms with Crippen molar-refractivity contribution in [3.05, 3.63) is 118 Å². The van der Waals surface area contributed by atoms with Gasteiger partial charge < -0.3 is 4.74 Å². The SMILES string of the molecule is Cc1ccc(C(=O)Nc2nnc(CC(=O)N/N=C\c3ccccc3OCc3cccc4ccccc34)s2)cc1. The van der Waals surface area contributed by atoms with Crippen LogP contribution in [-0.2, 0) is 17.8 Å². The number of carbonyl (C=O) groups excluding carboxylic acids is 2. The summed E-state index contributed by atoms with van der Waals surface area (Å²) in [4.78, 5) is 24.8. The van der Waals surface area contributed by atoms with Crippen molar-refractivity contribution in [3.63, 3.8) is 0 Å². The molecule has 194 valence electrons. The molecule has 0 atom stereocenters. The largest absolute Gasteiger partial charge is 0.488 e. The lowest BCUT2D eigenvalue weighted by molar-refractivity contribution is -0.120. The summed E-state index contributed by atoms with van der Waals surface area (Å²) in [5.74, 6) is 0.0163. The van der Waals surface area contributed by atoms with Crippen molar-refractivity contribution in [2.45, 2.75) is 20.0 Å². The van der Waals surface area contributed by atoms with Crippen LogP contribution in [0.4, 0.5) is 5.13 Å². The average Bonchev–Trinajstić information content (AvgIpc) is 3.39. The number of anilines is 1. The maximum Gasteiger partial charge on any atom is 0.257 e. The highest BCUT2D eigenvalue weighted by Crippen LogP contribution is 2.22. The van der Waals surface area contributed by atoms with Crippen LogP contribution < -0.4 is 15.5 Å². The molecule has 1 aromatic heterocycles. The fourth-order valence-electron chi connectivity index (χ4n) is 3.89. The third-order valence-electron chi connectivity index (χ3n) is 5.89. The van der Waals surface area contributed by atoms with Gasteiger partial charge in [0, 0.05) is 11.1 Å². The van der Waals surface area contributed by atoms with Gasteiger partial charge in [0.05, 0.1) is 12.6 Å². The molecular formula is C30H25N5O3S. The zero-order valence-corrected chi connectivity index (χ0v) is 21.9. The van der Waals surface area contributed by atoms with Crippen LogP contribution >= 0.6 is 11.3 Å². The predicted molar refractivity (Wildman–Crippen MR) is 153 cm³/mol. The summed E-state index contributed by atoms with van der Waals surface area (Å²) in [6, 6.07) is 29.0. The third-order valence-corrected chi connectivity index (χ3v) is 6.73. The molecule has 9 heteroatoms. The number of nitrogens with one attached hydrogen (secondary N) is 2. The van der Waals surface area contributed by atoms with Gasteiger partial charge in [-0.3, -0.25) is 14.9 Å². The summed E-state index contributed by atoms with van der Waals surface area (Å²) in [5.41, 5.74) is 5.91. The van der Waals surface area contributed by atoms with Crippen molar-refractivity contribution < 1.29 is 14.3 Å². The minimum atomic E-state index is -0.354. The quantitative estimate of drug-likeness (QED) is 0.191. The van der Waals surface area contributed by atoms with Gasteiger partial charge in [-0.05, 0) is 47.5 Å². The summed E-state index contributed by atoms with van der Waals surface area (Å²) in [7, 11) is 0. The molecule has 0 radical (unpaired) electrons. The first-order valence-electron chi connectivity index (χ1n) is 12.3. The highest BCUT2D eigenvalue weighted by molar-refractivity contribution is 7.15. The van der Waals surface area contributed by atoms with E-state index in [1.165, 1.54) is 0 Å². The summed E-state index contributed by atoms with van der Waals surface area (Å²) < 4.78 is 6.10. The lowest BCUT2D eigenvalue weighted by atomic mass is 10.1. The van der Waals surface area contributed by atoms with Crippen LogP contribution in [0.3, 0.4) is 0 Å². The predicted octanol–water partition coefficient (Wildman–Crippen LogP) is 5.52. The van der Waals surface area contributed by atoms with E-state index in [1.807, 2.05) is 67.6 Å². The van der Waals surface area contributed by atoms with E-state index < -0.39 is 0 Å². The van der Waals surface area contributed by atoms with E-state index in [0.717, 1.165) is 38.8 Å². The molecular weight excluding hydrogens is 510 g/mol. The number of aryl methyl sites for hydroxylation is 1. The lowest BCUT2D eigenvalue weighted by Gasteiger charge is -2.11. The molecule has 2 N–H and O–H groups in total. The molecule has 1 heterocycles. The van der Waals surface area contributed by atoms with Crippen LogP contribution in [0.5, 0.6) is 5.75 Å². The number of carbonyl (C=O) groups is 2. The number of fused-ring (bicyclic) bond motifs is 1. The van der Waals surface area contributed by atoms with Gasteiger partial charge in [0.25, 0.3) is 5.91 Å². The average molecular weight is 536 g/mol. The van der Waals surface area contributed by atoms with Gasteiger partial charge in [0.1, 0.15) is 17.4 Å². The molecule has 0 aliphatic carbocycles. The number of para-hydroxylation sites is 1. The molecule has 5 aromatic rings. The van der Waals surface area contributed by atoms with Crippen molar-refractivity contribution in [2.24, 2.45) is 5.10 Å². The zero-order valence-electron chi connectivity index (χ0n) is 21.1. The molecule has 0 spiro atoms. The topological polar surface area (TPSA) is 106 Å². The number of nitrogens with zero attached hydrogens (tertiary/aromatic N) is 3. The maximum absolute atomic E-state index is 12.4. The number of ether oxygens (including phenoxy) is 1. The molecule has 4 aromatic carbocycles. The second-order valence-corrected chi connectivity index (χ2v) is 9.82. The van der Waals surface area contributed by atoms with E-state index in [0.29, 0.717) is 28.1 Å². The maximum atomic E-state index is 12.4. The smallest absolute Gasteiger partial charge is 0.257 e. The van der Waals surface area contributed by atoms with E-state index in [9.17, 15) is 9.59 Å². The van der Waals surface area contributed by atoms with Crippen molar-refractivity contribution in [2.75, 3.05) is 5.32 Å². The van der Waals surface area contributed by atoms with E-state index in [2.05, 4.69) is 44.2 Å². The van der Waals surface area contributed by atoms with Crippen molar-refractivity contribution in [3.8, 4) is 5.75 Å². The molecule has 0 saturated heterocycles. The Morgan fingerprint density at radius 2 is 1.69 bits per heavy atom. The fourth-order valence-corrected chi connectivity index (χ4v) is 4.63. The first-order chi connectivity index (χ1) is 19.0. The molecule has 0 bridgehead atoms. The number of benzene rings is 4. The summed E-state index contributed by atoms with van der Waals surface area (Å²) in [5, 5.41) is 17.8. The lowest BCUT2D eigenvalue weighted by Crippen LogP contribution is -2.19. The number of rotatable bonds is 9. The third kappa shape index (κ3) is 6.71. The van der Waals surface area contributed by atoms with Crippen LogP contribution in [0.15, 0.2) is 96.1 Å². The van der Waals surface area contributed by atoms with Crippen molar-refractivity contribution >= 4 is 45.3 Å². The first kappa shape index (κ1) is 25.7. The van der Waals surface area contributed by atoms with Crippen LogP contribution in [0.2, 0.25) is 0 Å². The second kappa shape index (κ2) is 12.1. The first-order valence-corrected chi connectivity index (χ1v) is 13.1. The Labute approximate surface area is 229 Å². The van der Waals surface area contributed by atoms with Gasteiger partial charge in [-0.2, -0.15) is 5.10 Å². The Hall–Kier alpha value is -4.89. The van der Waals surface area contributed by atoms with E-state index >= 15 is 0 Å². The van der Waals surface area contributed by atoms with E-state index in [1.54, 1.807) is 18.3 Å². The van der Waals surface area contributed by atoms with Crippen LogP contribution in [-0.4, -0.2) is 28.2 Å². The van der Waals surface area contributed by atoms with Crippen molar-refractivity contribution in [1.82, 2.24) is 15.6 Å². The van der Waals surface area contributed by atoms with Gasteiger partial charge in [0.15, 0.2) is 0 Å². The summed E-state index contributed by atoms with van der Waals surface area (Å²) >= 11 is 1.14. The minimum Gasteiger partial charge on any atom is -0.488 e. The number of amides is 2. The second-order valence-electron chi connectivity index (χ2n) is 8.76. The number of hydrogen-bond donors (Lipinski definition) is 2. The normalized spacial score (nSPS) is 11.0. The number of hydrazone groups is 1. The molecule has 0 aliphatic rings. The highest BCUT2D eigenvalue weighted by atomic mass is 32.1. The van der Waals surface area contributed by atoms with Gasteiger partial charge in [0.2, 0.25) is 11.0 Å². The molecule has 0 unspecified atom stereocenters. The van der Waals surface area contributed by atoms with Crippen LogP contribution in [0.1, 0.15) is 32.1 Å².